The Balaban J connectivity index is 0. The second-order valence-corrected chi connectivity index (χ2v) is 29.7. The van der Waals surface area contributed by atoms with Crippen LogP contribution in [0.1, 0.15) is 349 Å². The van der Waals surface area contributed by atoms with E-state index in [1.165, 1.54) is 172 Å². The molecule has 1 aromatic carbocycles. The highest BCUT2D eigenvalue weighted by Crippen LogP contribution is 2.37. The average Bonchev–Trinajstić information content (AvgIpc) is 1.08. The minimum absolute atomic E-state index is 0.0619. The zero-order chi connectivity index (χ0) is 77.3. The molecule has 104 heavy (non-hydrogen) atoms. The molecule has 0 amide bonds. The van der Waals surface area contributed by atoms with Gasteiger partial charge in [-0.3, -0.25) is 43.2 Å². The topological polar surface area (TPSA) is 353 Å². The van der Waals surface area contributed by atoms with Gasteiger partial charge >= 0.3 is 36.0 Å². The summed E-state index contributed by atoms with van der Waals surface area (Å²) in [5.41, 5.74) is 5.14. The molecule has 0 spiro atoms. The van der Waals surface area contributed by atoms with Crippen molar-refractivity contribution in [2.24, 2.45) is 5.73 Å². The smallest absolute Gasteiger partial charge is 0.513 e. The number of hydrogen-bond acceptors (Lipinski definition) is 24. The van der Waals surface area contributed by atoms with Crippen LogP contribution in [0.5, 0.6) is 5.75 Å². The second-order valence-electron chi connectivity index (χ2n) is 26.6. The summed E-state index contributed by atoms with van der Waals surface area (Å²) >= 11 is 0. The van der Waals surface area contributed by atoms with E-state index in [2.05, 4.69) is 45.8 Å². The number of nitro groups is 1. The predicted octanol–water partition coefficient (Wildman–Crippen LogP) is 19.3. The predicted molar refractivity (Wildman–Crippen MR) is 401 cm³/mol. The number of non-ortho nitro benzene ring substituents is 1. The number of carbonyl (C=O) groups is 6. The number of benzene rings is 1. The fourth-order valence-electron chi connectivity index (χ4n) is 10.7. The van der Waals surface area contributed by atoms with Crippen molar-refractivity contribution >= 4 is 57.3 Å². The molecule has 0 aliphatic rings. The molecular weight excluding hydrogens is 1380 g/mol. The molecule has 27 heteroatoms. The first kappa shape index (κ1) is 101. The number of nitrogens with two attached hydrogens (primary N) is 1. The van der Waals surface area contributed by atoms with Crippen LogP contribution in [0, 0.1) is 10.1 Å². The van der Waals surface area contributed by atoms with Gasteiger partial charge in [0, 0.05) is 58.5 Å². The fourth-order valence-corrected chi connectivity index (χ4v) is 11.6. The normalized spacial score (nSPS) is 12.8. The van der Waals surface area contributed by atoms with Crippen molar-refractivity contribution in [3.05, 3.63) is 34.4 Å². The lowest BCUT2D eigenvalue weighted by molar-refractivity contribution is -0.384. The van der Waals surface area contributed by atoms with Crippen LogP contribution in [0.2, 0.25) is 0 Å². The van der Waals surface area contributed by atoms with E-state index in [0.717, 1.165) is 136 Å². The van der Waals surface area contributed by atoms with Gasteiger partial charge in [0.25, 0.3) is 21.3 Å². The Labute approximate surface area is 625 Å². The highest BCUT2D eigenvalue weighted by atomic mass is 31.2. The summed E-state index contributed by atoms with van der Waals surface area (Å²) in [6.45, 7) is 8.90. The molecule has 0 aliphatic carbocycles. The number of hydrogen-bond donors (Lipinski definition) is 1. The number of rotatable bonds is 70. The molecule has 1 aromatic rings. The standard InChI is InChI=1S/C36H69O10P.C34H55NO9.C7H18NO4P/c1-4-6-8-10-12-14-16-19-23-27-34(37)43-31-33(46-36(39)29-25-20-17-15-13-11-9-7-5-2)32-44-35(38)28-24-21-18-22-26-30-45-47(40,41)42-3;1-3-5-7-9-11-13-15-17-19-21-32(36)41-27-31(43-33(37)22-20-18-16-14-12-10-8-6-4-2)28-42-34(38)44-30-25-23-29(24-26-30)35(39)40;1-11-13(9,10)12-7-5-3-2-4-6-8/h33H,4-32H2,1-3H3,(H,40,41);23-26,31H,3-22,27-28H2,1-2H3;2-8H2,1H3,(H,9,10)/p-2/t33-;31-;/m11./s1. The molecule has 4 atom stereocenters. The molecule has 0 saturated carbocycles. The average molecular weight is 1520 g/mol. The molecular formula is C77H140N2O23P2-2. The number of phosphoric ester groups is 2. The monoisotopic (exact) mass is 1520 g/mol. The minimum Gasteiger partial charge on any atom is -0.756 e. The first-order valence-electron chi connectivity index (χ1n) is 39.9. The molecule has 608 valence electrons. The molecule has 0 heterocycles. The first-order valence-corrected chi connectivity index (χ1v) is 42.8. The summed E-state index contributed by atoms with van der Waals surface area (Å²) in [5, 5.41) is 10.8. The fraction of sp³-hybridized carbons (Fsp3) is 0.844. The number of phosphoric acid groups is 2. The molecule has 0 bridgehead atoms. The number of nitro benzene ring substituents is 1. The van der Waals surface area contributed by atoms with Gasteiger partial charge in [-0.25, -0.2) is 4.79 Å². The van der Waals surface area contributed by atoms with Crippen LogP contribution in [0.25, 0.3) is 0 Å². The molecule has 25 nitrogen and oxygen atoms in total. The van der Waals surface area contributed by atoms with Crippen LogP contribution in [-0.2, 0) is 79.6 Å². The van der Waals surface area contributed by atoms with Gasteiger partial charge < -0.3 is 66.8 Å². The maximum absolute atomic E-state index is 12.5. The maximum Gasteiger partial charge on any atom is 0.513 e. The van der Waals surface area contributed by atoms with Gasteiger partial charge in [0.05, 0.1) is 18.1 Å². The molecule has 0 radical (unpaired) electrons. The van der Waals surface area contributed by atoms with Crippen LogP contribution < -0.4 is 20.3 Å². The van der Waals surface area contributed by atoms with E-state index in [1.807, 2.05) is 0 Å². The number of carbonyl (C=O) groups excluding carboxylic acids is 6. The van der Waals surface area contributed by atoms with Crippen molar-refractivity contribution in [3.63, 3.8) is 0 Å². The Morgan fingerprint density at radius 2 is 0.625 bits per heavy atom. The lowest BCUT2D eigenvalue weighted by atomic mass is 10.1. The summed E-state index contributed by atoms with van der Waals surface area (Å²) in [7, 11) is -6.04. The Kier molecular flexibility index (Phi) is 72.1. The number of esters is 5. The summed E-state index contributed by atoms with van der Waals surface area (Å²) in [4.78, 5) is 106. The Hall–Kier alpha value is -4.58. The summed E-state index contributed by atoms with van der Waals surface area (Å²) in [6, 6.07) is 4.95. The van der Waals surface area contributed by atoms with E-state index in [-0.39, 0.29) is 94.7 Å². The van der Waals surface area contributed by atoms with Crippen molar-refractivity contribution in [3.8, 4) is 5.75 Å². The van der Waals surface area contributed by atoms with Gasteiger partial charge in [0.2, 0.25) is 0 Å². The Bertz CT molecular complexity index is 2340. The number of unbranched alkanes of at least 4 members (excludes halogenated alkanes) is 39. The summed E-state index contributed by atoms with van der Waals surface area (Å²) in [5.74, 6) is -1.87. The minimum atomic E-state index is -4.18. The first-order chi connectivity index (χ1) is 50.2. The molecule has 1 rings (SSSR count). The zero-order valence-corrected chi connectivity index (χ0v) is 66.9. The van der Waals surface area contributed by atoms with E-state index in [0.29, 0.717) is 32.2 Å². The van der Waals surface area contributed by atoms with E-state index < -0.39 is 50.9 Å². The lowest BCUT2D eigenvalue weighted by Crippen LogP contribution is -2.31. The molecule has 0 aliphatic heterocycles. The van der Waals surface area contributed by atoms with Gasteiger partial charge in [-0.2, -0.15) is 0 Å². The third kappa shape index (κ3) is 71.7. The van der Waals surface area contributed by atoms with Crippen molar-refractivity contribution in [2.45, 2.75) is 361 Å². The Morgan fingerprint density at radius 3 is 0.894 bits per heavy atom. The molecule has 0 aromatic heterocycles. The van der Waals surface area contributed by atoms with E-state index in [1.54, 1.807) is 0 Å². The molecule has 2 N–H and O–H groups in total. The number of nitrogens with zero attached hydrogens (tertiary/aromatic N) is 1. The number of ether oxygens (including phenoxy) is 7. The van der Waals surface area contributed by atoms with Crippen molar-refractivity contribution in [2.75, 3.05) is 60.4 Å². The van der Waals surface area contributed by atoms with Crippen LogP contribution in [0.4, 0.5) is 10.5 Å². The van der Waals surface area contributed by atoms with Crippen molar-refractivity contribution in [1.82, 2.24) is 0 Å². The highest BCUT2D eigenvalue weighted by Gasteiger charge is 2.22. The van der Waals surface area contributed by atoms with Crippen LogP contribution in [0.15, 0.2) is 24.3 Å². The van der Waals surface area contributed by atoms with Gasteiger partial charge in [-0.1, -0.05) is 265 Å². The summed E-state index contributed by atoms with van der Waals surface area (Å²) in [6.07, 6.45) is 46.7. The highest BCUT2D eigenvalue weighted by molar-refractivity contribution is 7.46. The molecule has 0 fully saturated rings. The Morgan fingerprint density at radius 1 is 0.375 bits per heavy atom. The zero-order valence-electron chi connectivity index (χ0n) is 65.1. The van der Waals surface area contributed by atoms with Crippen LogP contribution in [-0.4, -0.2) is 114 Å². The van der Waals surface area contributed by atoms with E-state index in [4.69, 9.17) is 38.9 Å². The van der Waals surface area contributed by atoms with Crippen LogP contribution in [0.3, 0.4) is 0 Å². The SMILES string of the molecule is CCCCCCCCCCCC(=O)OC[C@H](COC(=O)CCCCCCCOP(=O)([O-])OC)OC(=O)CCCCCCCCCCC.CCCCCCCCCCCC(=O)OC[C@H](COC(=O)Oc1ccc([N+](=O)[O-])cc1)OC(=O)CCCCCCCCCCC.COP(=O)([O-])OCCCCCCN. The van der Waals surface area contributed by atoms with Gasteiger partial charge in [-0.05, 0) is 70.0 Å². The molecule has 0 saturated heterocycles. The third-order valence-corrected chi connectivity index (χ3v) is 18.9. The van der Waals surface area contributed by atoms with Gasteiger partial charge in [-0.15, -0.1) is 0 Å². The molecule has 2 unspecified atom stereocenters. The maximum atomic E-state index is 12.5. The van der Waals surface area contributed by atoms with E-state index in [9.17, 15) is 57.8 Å². The summed E-state index contributed by atoms with van der Waals surface area (Å²) < 4.78 is 76.7. The quantitative estimate of drug-likeness (QED) is 0.0120. The third-order valence-electron chi connectivity index (χ3n) is 17.0. The second kappa shape index (κ2) is 73.9. The van der Waals surface area contributed by atoms with E-state index >= 15 is 0 Å². The van der Waals surface area contributed by atoms with Crippen LogP contribution >= 0.6 is 15.6 Å². The van der Waals surface area contributed by atoms with Gasteiger partial charge in [0.1, 0.15) is 32.2 Å². The largest absolute Gasteiger partial charge is 0.756 e. The van der Waals surface area contributed by atoms with Crippen molar-refractivity contribution < 1.29 is 104 Å². The lowest BCUT2D eigenvalue weighted by Gasteiger charge is -2.19. The van der Waals surface area contributed by atoms with Crippen molar-refractivity contribution in [1.29, 1.82) is 0 Å². The van der Waals surface area contributed by atoms with Gasteiger partial charge in [0.15, 0.2) is 12.2 Å².